The van der Waals surface area contributed by atoms with E-state index in [0.29, 0.717) is 0 Å². The van der Waals surface area contributed by atoms with Gasteiger partial charge in [0, 0.05) is 0 Å². The molecule has 140 valence electrons. The molecule has 0 rings (SSSR count). The monoisotopic (exact) mass is 416 g/mol. The van der Waals surface area contributed by atoms with E-state index in [2.05, 4.69) is 11.6 Å². The van der Waals surface area contributed by atoms with E-state index in [-0.39, 0.29) is 0 Å². The van der Waals surface area contributed by atoms with Gasteiger partial charge in [-0.2, -0.15) is 52.7 Å². The quantitative estimate of drug-likeness (QED) is 0.389. The van der Waals surface area contributed by atoms with Crippen molar-refractivity contribution >= 4 is 19.2 Å². The van der Waals surface area contributed by atoms with Gasteiger partial charge < -0.3 is 9.79 Å². The van der Waals surface area contributed by atoms with Crippen LogP contribution in [0, 0.1) is 0 Å². The molecule has 2 N–H and O–H groups in total. The molecule has 0 spiro atoms. The zero-order valence-electron chi connectivity index (χ0n) is 9.66. The van der Waals surface area contributed by atoms with Crippen LogP contribution in [-0.2, 0) is 4.57 Å². The maximum Gasteiger partial charge on any atom is 0.413 e. The summed E-state index contributed by atoms with van der Waals surface area (Å²) in [5.41, 5.74) is -7.30. The molecule has 0 fully saturated rings. The summed E-state index contributed by atoms with van der Waals surface area (Å²) in [6, 6.07) is 0. The molecule has 0 atom stereocenters. The second-order valence-corrected chi connectivity index (χ2v) is 6.01. The molecule has 17 heteroatoms. The summed E-state index contributed by atoms with van der Waals surface area (Å²) in [4.78, 5) is 15.6. The molecule has 0 aliphatic rings. The molecule has 0 saturated heterocycles. The van der Waals surface area contributed by atoms with Crippen molar-refractivity contribution in [1.29, 1.82) is 0 Å². The Bertz CT molecular complexity index is 507. The topological polar surface area (TPSA) is 57.5 Å². The van der Waals surface area contributed by atoms with Crippen LogP contribution in [0.5, 0.6) is 0 Å². The molecule has 23 heavy (non-hydrogen) atoms. The summed E-state index contributed by atoms with van der Waals surface area (Å²) in [5.74, 6) is -31.4. The summed E-state index contributed by atoms with van der Waals surface area (Å²) >= 11 is 3.39. The summed E-state index contributed by atoms with van der Waals surface area (Å²) in [7, 11) is -7.61. The maximum atomic E-state index is 12.8. The van der Waals surface area contributed by atoms with Gasteiger partial charge in [-0.25, -0.2) is 0 Å². The lowest BCUT2D eigenvalue weighted by Crippen LogP contribution is -2.69. The molecule has 0 heterocycles. The van der Waals surface area contributed by atoms with E-state index in [1.165, 1.54) is 0 Å². The van der Waals surface area contributed by atoms with Crippen molar-refractivity contribution in [2.75, 3.05) is 0 Å². The van der Waals surface area contributed by atoms with Crippen LogP contribution in [0.1, 0.15) is 0 Å². The third-order valence-electron chi connectivity index (χ3n) is 2.28. The van der Waals surface area contributed by atoms with Gasteiger partial charge in [-0.3, -0.25) is 4.57 Å². The smallest absolute Gasteiger partial charge is 0.320 e. The summed E-state index contributed by atoms with van der Waals surface area (Å²) in [6.45, 7) is 0. The van der Waals surface area contributed by atoms with Crippen LogP contribution in [-0.4, -0.2) is 44.5 Å². The summed E-state index contributed by atoms with van der Waals surface area (Å²) in [6.07, 6.45) is 0. The Morgan fingerprint density at radius 1 is 0.609 bits per heavy atom. The molecular weight excluding hydrogens is 414 g/mol. The number of hydrogen-bond donors (Lipinski definition) is 2. The van der Waals surface area contributed by atoms with E-state index in [4.69, 9.17) is 9.79 Å². The van der Waals surface area contributed by atoms with Gasteiger partial charge >= 0.3 is 42.3 Å². The Kier molecular flexibility index (Phi) is 5.20. The molecule has 0 saturated carbocycles. The standard InChI is InChI=1S/C6H2ClF12O3P/c7-5(16,17)3(12,13)1(8,9)2(10,11)4(14,15)6(18,19)23(20,21)22/h(H2,20,21,22). The van der Waals surface area contributed by atoms with Gasteiger partial charge in [-0.05, 0) is 11.6 Å². The molecule has 0 aromatic rings. The van der Waals surface area contributed by atoms with E-state index in [1.54, 1.807) is 0 Å². The van der Waals surface area contributed by atoms with E-state index in [0.717, 1.165) is 0 Å². The lowest BCUT2D eigenvalue weighted by Gasteiger charge is -2.39. The van der Waals surface area contributed by atoms with Crippen molar-refractivity contribution in [2.45, 2.75) is 34.7 Å². The van der Waals surface area contributed by atoms with Crippen molar-refractivity contribution in [3.63, 3.8) is 0 Å². The van der Waals surface area contributed by atoms with E-state index >= 15 is 0 Å². The number of hydrogen-bond acceptors (Lipinski definition) is 1. The third-order valence-corrected chi connectivity index (χ3v) is 3.53. The third kappa shape index (κ3) is 2.89. The van der Waals surface area contributed by atoms with Crippen molar-refractivity contribution in [2.24, 2.45) is 0 Å². The molecule has 0 aromatic carbocycles. The number of halogens is 13. The molecule has 0 unspecified atom stereocenters. The Hall–Kier alpha value is -0.400. The van der Waals surface area contributed by atoms with Crippen LogP contribution in [0.3, 0.4) is 0 Å². The van der Waals surface area contributed by atoms with Crippen molar-refractivity contribution < 1.29 is 67.0 Å². The zero-order chi connectivity index (χ0) is 19.5. The largest absolute Gasteiger partial charge is 0.413 e. The molecule has 0 aliphatic heterocycles. The van der Waals surface area contributed by atoms with Crippen LogP contribution in [0.15, 0.2) is 0 Å². The van der Waals surface area contributed by atoms with Gasteiger partial charge in [-0.15, -0.1) is 0 Å². The van der Waals surface area contributed by atoms with Crippen molar-refractivity contribution in [3.8, 4) is 0 Å². The molecule has 0 aliphatic carbocycles. The lowest BCUT2D eigenvalue weighted by molar-refractivity contribution is -0.408. The molecule has 0 amide bonds. The first kappa shape index (κ1) is 22.6. The second kappa shape index (κ2) is 5.30. The normalized spacial score (nSPS) is 16.7. The minimum atomic E-state index is -8.05. The van der Waals surface area contributed by atoms with Gasteiger partial charge in [0.15, 0.2) is 0 Å². The van der Waals surface area contributed by atoms with Gasteiger partial charge in [0.05, 0.1) is 0 Å². The molecule has 3 nitrogen and oxygen atoms in total. The Labute approximate surface area is 122 Å². The highest BCUT2D eigenvalue weighted by molar-refractivity contribution is 7.53. The van der Waals surface area contributed by atoms with Gasteiger partial charge in [0.25, 0.3) is 0 Å². The Morgan fingerprint density at radius 2 is 0.870 bits per heavy atom. The fourth-order valence-electron chi connectivity index (χ4n) is 0.944. The predicted molar refractivity (Wildman–Crippen MR) is 47.6 cm³/mol. The van der Waals surface area contributed by atoms with E-state index in [1.807, 2.05) is 0 Å². The molecule has 0 radical (unpaired) electrons. The SMILES string of the molecule is O=P(O)(O)C(F)(F)C(F)(F)C(F)(F)C(F)(F)C(F)(F)C(F)(F)Cl. The second-order valence-electron chi connectivity index (χ2n) is 3.88. The highest BCUT2D eigenvalue weighted by Crippen LogP contribution is 2.67. The number of rotatable bonds is 6. The van der Waals surface area contributed by atoms with Crippen LogP contribution >= 0.6 is 19.2 Å². The predicted octanol–water partition coefficient (Wildman–Crippen LogP) is 4.13. The average Bonchev–Trinajstić information content (AvgIpc) is 2.24. The fraction of sp³-hybridized carbons (Fsp3) is 1.00. The van der Waals surface area contributed by atoms with Gasteiger partial charge in [0.1, 0.15) is 0 Å². The fourth-order valence-corrected chi connectivity index (χ4v) is 1.57. The molecule has 0 bridgehead atoms. The first-order valence-corrected chi connectivity index (χ1v) is 6.50. The van der Waals surface area contributed by atoms with Crippen LogP contribution in [0.2, 0.25) is 0 Å². The van der Waals surface area contributed by atoms with Crippen LogP contribution < -0.4 is 0 Å². The first-order valence-electron chi connectivity index (χ1n) is 4.51. The highest BCUT2D eigenvalue weighted by atomic mass is 35.5. The maximum absolute atomic E-state index is 12.8. The molecule has 0 aromatic heterocycles. The minimum Gasteiger partial charge on any atom is -0.320 e. The summed E-state index contributed by atoms with van der Waals surface area (Å²) in [5, 5.41) is -6.60. The van der Waals surface area contributed by atoms with Crippen molar-refractivity contribution in [1.82, 2.24) is 0 Å². The van der Waals surface area contributed by atoms with E-state index in [9.17, 15) is 57.3 Å². The van der Waals surface area contributed by atoms with E-state index < -0.39 is 42.3 Å². The average molecular weight is 416 g/mol. The summed E-state index contributed by atoms with van der Waals surface area (Å²) < 4.78 is 161. The van der Waals surface area contributed by atoms with Gasteiger partial charge in [0.2, 0.25) is 0 Å². The Balaban J connectivity index is 6.43. The first-order chi connectivity index (χ1) is 9.50. The zero-order valence-corrected chi connectivity index (χ0v) is 11.3. The van der Waals surface area contributed by atoms with Gasteiger partial charge in [-0.1, -0.05) is 0 Å². The lowest BCUT2D eigenvalue weighted by atomic mass is 9.98. The highest BCUT2D eigenvalue weighted by Gasteiger charge is 2.92. The van der Waals surface area contributed by atoms with Crippen LogP contribution in [0.25, 0.3) is 0 Å². The number of alkyl halides is 13. The minimum absolute atomic E-state index is 3.39. The molecular formula is C6H2ClF12O3P. The van der Waals surface area contributed by atoms with Crippen LogP contribution in [0.4, 0.5) is 52.7 Å². The van der Waals surface area contributed by atoms with Crippen molar-refractivity contribution in [3.05, 3.63) is 0 Å². The Morgan fingerprint density at radius 3 is 1.09 bits per heavy atom.